The van der Waals surface area contributed by atoms with Crippen LogP contribution >= 0.6 is 12.2 Å². The summed E-state index contributed by atoms with van der Waals surface area (Å²) in [6.07, 6.45) is 1.47. The highest BCUT2D eigenvalue weighted by Gasteiger charge is 2.41. The maximum absolute atomic E-state index is 14.0. The van der Waals surface area contributed by atoms with Crippen molar-refractivity contribution in [2.45, 2.75) is 27.7 Å². The highest BCUT2D eigenvalue weighted by Crippen LogP contribution is 2.33. The minimum Gasteiger partial charge on any atom is -0.371 e. The zero-order valence-corrected chi connectivity index (χ0v) is 23.8. The summed E-state index contributed by atoms with van der Waals surface area (Å²) in [7, 11) is 0. The van der Waals surface area contributed by atoms with E-state index in [9.17, 15) is 19.7 Å². The summed E-state index contributed by atoms with van der Waals surface area (Å²) in [4.78, 5) is 44.0. The number of rotatable bonds is 9. The summed E-state index contributed by atoms with van der Waals surface area (Å²) >= 11 is 5.69. The second-order valence-corrected chi connectivity index (χ2v) is 10.9. The molecule has 0 saturated carbocycles. The van der Waals surface area contributed by atoms with Crippen LogP contribution in [-0.2, 0) is 9.59 Å². The van der Waals surface area contributed by atoms with Gasteiger partial charge in [-0.3, -0.25) is 29.5 Å². The van der Waals surface area contributed by atoms with Crippen molar-refractivity contribution in [3.05, 3.63) is 100 Å². The van der Waals surface area contributed by atoms with Crippen molar-refractivity contribution in [1.29, 1.82) is 0 Å². The van der Waals surface area contributed by atoms with Crippen molar-refractivity contribution < 1.29 is 14.5 Å². The van der Waals surface area contributed by atoms with E-state index in [0.717, 1.165) is 0 Å². The van der Waals surface area contributed by atoms with Crippen molar-refractivity contribution in [1.82, 2.24) is 0 Å². The molecule has 9 heteroatoms. The van der Waals surface area contributed by atoms with Crippen molar-refractivity contribution in [3.63, 3.8) is 0 Å². The van der Waals surface area contributed by atoms with Gasteiger partial charge < -0.3 is 4.90 Å². The Hall–Kier alpha value is -4.37. The molecule has 4 rings (SSSR count). The van der Waals surface area contributed by atoms with E-state index in [0.29, 0.717) is 47.6 Å². The predicted octanol–water partition coefficient (Wildman–Crippen LogP) is 6.46. The van der Waals surface area contributed by atoms with Crippen molar-refractivity contribution in [2.24, 2.45) is 11.8 Å². The van der Waals surface area contributed by atoms with Crippen LogP contribution in [0.3, 0.4) is 0 Å². The summed E-state index contributed by atoms with van der Waals surface area (Å²) in [6.45, 7) is 9.79. The van der Waals surface area contributed by atoms with E-state index in [2.05, 4.69) is 32.6 Å². The highest BCUT2D eigenvalue weighted by atomic mass is 32.1. The van der Waals surface area contributed by atoms with Crippen LogP contribution in [0.25, 0.3) is 6.08 Å². The first-order valence-corrected chi connectivity index (χ1v) is 13.6. The van der Waals surface area contributed by atoms with Crippen LogP contribution in [0.5, 0.6) is 0 Å². The lowest BCUT2D eigenvalue weighted by atomic mass is 10.0. The van der Waals surface area contributed by atoms with Crippen LogP contribution in [-0.4, -0.2) is 34.9 Å². The number of anilines is 3. The molecule has 0 aromatic heterocycles. The van der Waals surface area contributed by atoms with Gasteiger partial charge in [-0.25, -0.2) is 0 Å². The van der Waals surface area contributed by atoms with Gasteiger partial charge in [0.05, 0.1) is 16.3 Å². The Morgan fingerprint density at radius 2 is 1.30 bits per heavy atom. The number of hydrogen-bond acceptors (Lipinski definition) is 6. The Labute approximate surface area is 239 Å². The van der Waals surface area contributed by atoms with E-state index in [1.165, 1.54) is 28.0 Å². The maximum atomic E-state index is 14.0. The van der Waals surface area contributed by atoms with Crippen LogP contribution in [0, 0.1) is 22.0 Å². The molecule has 0 unspecified atom stereocenters. The molecular formula is C31H32N4O4S. The second-order valence-electron chi connectivity index (χ2n) is 10.5. The first-order chi connectivity index (χ1) is 19.1. The molecule has 1 aliphatic rings. The Balaban J connectivity index is 1.93. The molecule has 0 bridgehead atoms. The first kappa shape index (κ1) is 28.6. The standard InChI is InChI=1S/C31H32N4O4S/c1-21(2)19-32(20-22(3)4)28-16-15-26(35(38)39)17-23(28)18-27-29(36)33(24-11-7-5-8-12-24)31(40)34(30(27)37)25-13-9-6-10-14-25/h5-18,21-22H,19-20H2,1-4H3. The van der Waals surface area contributed by atoms with Gasteiger partial charge in [-0.1, -0.05) is 64.1 Å². The van der Waals surface area contributed by atoms with E-state index >= 15 is 0 Å². The molecule has 1 heterocycles. The van der Waals surface area contributed by atoms with Gasteiger partial charge in [-0.15, -0.1) is 0 Å². The van der Waals surface area contributed by atoms with E-state index in [1.807, 2.05) is 12.1 Å². The van der Waals surface area contributed by atoms with Gasteiger partial charge in [0.15, 0.2) is 5.11 Å². The van der Waals surface area contributed by atoms with Crippen molar-refractivity contribution in [2.75, 3.05) is 27.8 Å². The molecule has 1 saturated heterocycles. The molecule has 2 amide bonds. The summed E-state index contributed by atoms with van der Waals surface area (Å²) < 4.78 is 0. The third kappa shape index (κ3) is 6.10. The summed E-state index contributed by atoms with van der Waals surface area (Å²) in [5.74, 6) is -0.561. The average molecular weight is 557 g/mol. The van der Waals surface area contributed by atoms with E-state index < -0.39 is 16.7 Å². The third-order valence-electron chi connectivity index (χ3n) is 6.31. The SMILES string of the molecule is CC(C)CN(CC(C)C)c1ccc([N+](=O)[O-])cc1C=C1C(=O)N(c2ccccc2)C(=S)N(c2ccccc2)C1=O. The number of hydrogen-bond donors (Lipinski definition) is 0. The number of amides is 2. The molecule has 3 aromatic rings. The van der Waals surface area contributed by atoms with Crippen molar-refractivity contribution >= 4 is 58.0 Å². The van der Waals surface area contributed by atoms with Gasteiger partial charge in [0, 0.05) is 36.5 Å². The number of benzene rings is 3. The molecule has 0 radical (unpaired) electrons. The molecule has 3 aromatic carbocycles. The number of nitro benzene ring substituents is 1. The van der Waals surface area contributed by atoms with Gasteiger partial charge in [0.1, 0.15) is 5.57 Å². The minimum absolute atomic E-state index is 0.0325. The molecule has 8 nitrogen and oxygen atoms in total. The van der Waals surface area contributed by atoms with Gasteiger partial charge in [-0.2, -0.15) is 0 Å². The number of carbonyl (C=O) groups is 2. The van der Waals surface area contributed by atoms with Gasteiger partial charge in [0.2, 0.25) is 0 Å². The van der Waals surface area contributed by atoms with Crippen LogP contribution < -0.4 is 14.7 Å². The van der Waals surface area contributed by atoms with E-state index in [4.69, 9.17) is 12.2 Å². The molecule has 0 spiro atoms. The highest BCUT2D eigenvalue weighted by molar-refractivity contribution is 7.81. The van der Waals surface area contributed by atoms with Crippen molar-refractivity contribution in [3.8, 4) is 0 Å². The van der Waals surface area contributed by atoms with Crippen LogP contribution in [0.1, 0.15) is 33.3 Å². The average Bonchev–Trinajstić information content (AvgIpc) is 2.91. The number of nitro groups is 1. The summed E-state index contributed by atoms with van der Waals surface area (Å²) in [5.41, 5.74) is 1.88. The Morgan fingerprint density at radius 1 is 0.825 bits per heavy atom. The molecule has 0 aliphatic carbocycles. The fourth-order valence-electron chi connectivity index (χ4n) is 4.71. The Bertz CT molecular complexity index is 1380. The largest absolute Gasteiger partial charge is 0.371 e. The lowest BCUT2D eigenvalue weighted by Gasteiger charge is -2.36. The van der Waals surface area contributed by atoms with Gasteiger partial charge >= 0.3 is 0 Å². The normalized spacial score (nSPS) is 13.8. The Morgan fingerprint density at radius 3 is 1.73 bits per heavy atom. The molecule has 0 atom stereocenters. The number of nitrogens with zero attached hydrogens (tertiary/aromatic N) is 4. The number of thiocarbonyl (C=S) groups is 1. The predicted molar refractivity (Wildman–Crippen MR) is 163 cm³/mol. The van der Waals surface area contributed by atoms with Crippen LogP contribution in [0.4, 0.5) is 22.7 Å². The number of non-ortho nitro benzene ring substituents is 1. The fraction of sp³-hybridized carbons (Fsp3) is 0.258. The molecule has 206 valence electrons. The maximum Gasteiger partial charge on any atom is 0.270 e. The summed E-state index contributed by atoms with van der Waals surface area (Å²) in [5, 5.41) is 11.8. The smallest absolute Gasteiger partial charge is 0.270 e. The van der Waals surface area contributed by atoms with E-state index in [-0.39, 0.29) is 16.4 Å². The van der Waals surface area contributed by atoms with Gasteiger partial charge in [-0.05, 0) is 60.5 Å². The quantitative estimate of drug-likeness (QED) is 0.0988. The Kier molecular flexibility index (Phi) is 8.74. The lowest BCUT2D eigenvalue weighted by molar-refractivity contribution is -0.384. The van der Waals surface area contributed by atoms with Crippen LogP contribution in [0.2, 0.25) is 0 Å². The number of para-hydroxylation sites is 2. The summed E-state index contributed by atoms with van der Waals surface area (Å²) in [6, 6.07) is 22.3. The molecule has 1 aliphatic heterocycles. The second kappa shape index (κ2) is 12.2. The zero-order valence-electron chi connectivity index (χ0n) is 23.0. The molecular weight excluding hydrogens is 524 g/mol. The minimum atomic E-state index is -0.592. The monoisotopic (exact) mass is 556 g/mol. The zero-order chi connectivity index (χ0) is 29.0. The topological polar surface area (TPSA) is 87.0 Å². The molecule has 40 heavy (non-hydrogen) atoms. The van der Waals surface area contributed by atoms with E-state index in [1.54, 1.807) is 54.6 Å². The number of carbonyl (C=O) groups excluding carboxylic acids is 2. The molecule has 1 fully saturated rings. The molecule has 0 N–H and O–H groups in total. The third-order valence-corrected chi connectivity index (χ3v) is 6.68. The first-order valence-electron chi connectivity index (χ1n) is 13.2. The van der Waals surface area contributed by atoms with Gasteiger partial charge in [0.25, 0.3) is 17.5 Å². The van der Waals surface area contributed by atoms with Crippen LogP contribution in [0.15, 0.2) is 84.4 Å². The fourth-order valence-corrected chi connectivity index (χ4v) is 5.08. The lowest BCUT2D eigenvalue weighted by Crippen LogP contribution is -2.56.